The van der Waals surface area contributed by atoms with Crippen LogP contribution in [0, 0.1) is 0 Å². The first-order valence-corrected chi connectivity index (χ1v) is 13.8. The maximum absolute atomic E-state index is 17.4. The molecule has 3 aromatic carbocycles. The zero-order valence-corrected chi connectivity index (χ0v) is 20.7. The van der Waals surface area contributed by atoms with Gasteiger partial charge in [-0.05, 0) is 85.2 Å². The standard InChI is InChI=1S/C31H23FIN/c32-31(23-11-3-1-4-12-23)27-17-8-7-16-26(27)30-28(31)18-9-19-29(30)34(24-13-5-2-6-14-24)25-15-10-21-33-22-20-25/h2-3,5-20,22H,1,4H2. The molecule has 1 aliphatic heterocycles. The Morgan fingerprint density at radius 2 is 1.68 bits per heavy atom. The average Bonchev–Trinajstić information content (AvgIpc) is 3.03. The SMILES string of the molecule is FC1(C2=CCCC=C2)c2ccccc2-c2c(N(C3=CC=C=IC=C3)c3ccccc3)cccc21. The van der Waals surface area contributed by atoms with Crippen LogP contribution in [0.1, 0.15) is 24.0 Å². The van der Waals surface area contributed by atoms with E-state index in [-0.39, 0.29) is 20.7 Å². The molecule has 1 nitrogen and oxygen atoms in total. The quantitative estimate of drug-likeness (QED) is 0.292. The number of fused-ring (bicyclic) bond motifs is 3. The monoisotopic (exact) mass is 555 g/mol. The minimum Gasteiger partial charge on any atom is -0.310 e. The van der Waals surface area contributed by atoms with E-state index in [4.69, 9.17) is 0 Å². The number of hydrogen-bond acceptors (Lipinski definition) is 1. The molecule has 0 N–H and O–H groups in total. The van der Waals surface area contributed by atoms with Gasteiger partial charge in [0.15, 0.2) is 5.67 Å². The summed E-state index contributed by atoms with van der Waals surface area (Å²) in [5.74, 6) is 0. The molecule has 0 aromatic heterocycles. The molecule has 1 unspecified atom stereocenters. The van der Waals surface area contributed by atoms with Crippen LogP contribution in [0.15, 0.2) is 125 Å². The van der Waals surface area contributed by atoms with Crippen molar-refractivity contribution in [1.29, 1.82) is 0 Å². The second-order valence-corrected chi connectivity index (χ2v) is 10.4. The predicted molar refractivity (Wildman–Crippen MR) is 150 cm³/mol. The molecule has 0 saturated carbocycles. The molecule has 0 spiro atoms. The molecule has 1 atom stereocenters. The fourth-order valence-electron chi connectivity index (χ4n) is 5.12. The molecule has 0 fully saturated rings. The summed E-state index contributed by atoms with van der Waals surface area (Å²) in [5, 5.41) is 0. The number of para-hydroxylation sites is 1. The van der Waals surface area contributed by atoms with Crippen molar-refractivity contribution in [3.8, 4) is 11.1 Å². The largest absolute Gasteiger partial charge is 0.310 e. The lowest BCUT2D eigenvalue weighted by molar-refractivity contribution is 0.286. The molecule has 2 aliphatic carbocycles. The molecule has 34 heavy (non-hydrogen) atoms. The van der Waals surface area contributed by atoms with Crippen LogP contribution in [0.4, 0.5) is 15.8 Å². The molecule has 0 saturated heterocycles. The van der Waals surface area contributed by atoms with E-state index >= 15 is 4.39 Å². The van der Waals surface area contributed by atoms with E-state index in [9.17, 15) is 0 Å². The van der Waals surface area contributed by atoms with Gasteiger partial charge < -0.3 is 4.90 Å². The Morgan fingerprint density at radius 1 is 0.853 bits per heavy atom. The van der Waals surface area contributed by atoms with Gasteiger partial charge >= 0.3 is 0 Å². The van der Waals surface area contributed by atoms with Gasteiger partial charge in [0.05, 0.1) is 5.69 Å². The number of hydrogen-bond donors (Lipinski definition) is 0. The van der Waals surface area contributed by atoms with E-state index in [1.54, 1.807) is 0 Å². The maximum Gasteiger partial charge on any atom is 0.187 e. The summed E-state index contributed by atoms with van der Waals surface area (Å²) in [4.78, 5) is 2.25. The number of anilines is 2. The van der Waals surface area contributed by atoms with Crippen LogP contribution in [-0.2, 0) is 5.67 Å². The third-order valence-electron chi connectivity index (χ3n) is 6.56. The zero-order chi connectivity index (χ0) is 23.0. The smallest absolute Gasteiger partial charge is 0.187 e. The van der Waals surface area contributed by atoms with Crippen LogP contribution in [0.3, 0.4) is 0 Å². The molecule has 0 radical (unpaired) electrons. The van der Waals surface area contributed by atoms with E-state index in [0.29, 0.717) is 0 Å². The second-order valence-electron chi connectivity index (χ2n) is 8.48. The van der Waals surface area contributed by atoms with Crippen molar-refractivity contribution in [3.63, 3.8) is 0 Å². The number of rotatable bonds is 4. The number of benzene rings is 3. The van der Waals surface area contributed by atoms with Gasteiger partial charge in [-0.25, -0.2) is 4.39 Å². The Bertz CT molecular complexity index is 1450. The van der Waals surface area contributed by atoms with Crippen LogP contribution in [-0.4, -0.2) is 3.67 Å². The van der Waals surface area contributed by atoms with Crippen molar-refractivity contribution < 1.29 is 4.39 Å². The van der Waals surface area contributed by atoms with E-state index < -0.39 is 5.67 Å². The van der Waals surface area contributed by atoms with Crippen molar-refractivity contribution in [1.82, 2.24) is 0 Å². The van der Waals surface area contributed by atoms with Gasteiger partial charge in [-0.15, -0.1) is 0 Å². The fourth-order valence-corrected chi connectivity index (χ4v) is 6.26. The number of nitrogens with zero attached hydrogens (tertiary/aromatic N) is 1. The van der Waals surface area contributed by atoms with Gasteiger partial charge in [0, 0.05) is 28.1 Å². The summed E-state index contributed by atoms with van der Waals surface area (Å²) < 4.78 is 23.0. The summed E-state index contributed by atoms with van der Waals surface area (Å²) >= 11 is -0.219. The molecule has 3 heteroatoms. The second kappa shape index (κ2) is 8.83. The number of allylic oxidation sites excluding steroid dienone is 7. The molecule has 166 valence electrons. The van der Waals surface area contributed by atoms with Crippen molar-refractivity contribution in [2.75, 3.05) is 4.90 Å². The van der Waals surface area contributed by atoms with Crippen LogP contribution in [0.5, 0.6) is 0 Å². The normalized spacial score (nSPS) is 20.0. The minimum absolute atomic E-state index is 0.219. The van der Waals surface area contributed by atoms with Crippen LogP contribution < -0.4 is 4.90 Å². The first-order valence-electron chi connectivity index (χ1n) is 11.5. The lowest BCUT2D eigenvalue weighted by atomic mass is 9.83. The Morgan fingerprint density at radius 3 is 2.53 bits per heavy atom. The summed E-state index contributed by atoms with van der Waals surface area (Å²) in [7, 11) is 0. The molecule has 3 aromatic rings. The highest BCUT2D eigenvalue weighted by molar-refractivity contribution is 14.2. The van der Waals surface area contributed by atoms with Crippen LogP contribution in [0.25, 0.3) is 11.1 Å². The third kappa shape index (κ3) is 3.39. The summed E-state index contributed by atoms with van der Waals surface area (Å²) in [6.07, 6.45) is 14.2. The van der Waals surface area contributed by atoms with Gasteiger partial charge in [-0.3, -0.25) is 0 Å². The van der Waals surface area contributed by atoms with Gasteiger partial charge in [0.1, 0.15) is 0 Å². The lowest BCUT2D eigenvalue weighted by Crippen LogP contribution is -2.22. The van der Waals surface area contributed by atoms with Crippen molar-refractivity contribution in [2.45, 2.75) is 18.5 Å². The third-order valence-corrected chi connectivity index (χ3v) is 8.00. The number of halogens is 2. The van der Waals surface area contributed by atoms with Gasteiger partial charge in [-0.2, -0.15) is 0 Å². The summed E-state index contributed by atoms with van der Waals surface area (Å²) in [5.41, 5.74) is 5.54. The summed E-state index contributed by atoms with van der Waals surface area (Å²) in [6, 6.07) is 24.4. The van der Waals surface area contributed by atoms with Gasteiger partial charge in [-0.1, -0.05) is 76.5 Å². The topological polar surface area (TPSA) is 3.24 Å². The fraction of sp³-hybridized carbons (Fsp3) is 0.0968. The van der Waals surface area contributed by atoms with Gasteiger partial charge in [0.25, 0.3) is 0 Å². The molecule has 0 amide bonds. The molecule has 0 bridgehead atoms. The molecular formula is C31H23FIN. The van der Waals surface area contributed by atoms with E-state index in [1.807, 2.05) is 60.7 Å². The van der Waals surface area contributed by atoms with E-state index in [0.717, 1.165) is 57.7 Å². The first kappa shape index (κ1) is 21.3. The first-order chi connectivity index (χ1) is 16.8. The van der Waals surface area contributed by atoms with E-state index in [2.05, 4.69) is 61.2 Å². The zero-order valence-electron chi connectivity index (χ0n) is 18.6. The Balaban J connectivity index is 1.64. The summed E-state index contributed by atoms with van der Waals surface area (Å²) in [6.45, 7) is 0. The van der Waals surface area contributed by atoms with E-state index in [1.165, 1.54) is 0 Å². The van der Waals surface area contributed by atoms with Crippen molar-refractivity contribution >= 4 is 35.8 Å². The molecule has 1 heterocycles. The van der Waals surface area contributed by atoms with Crippen LogP contribution >= 0.6 is 20.7 Å². The molecular weight excluding hydrogens is 532 g/mol. The van der Waals surface area contributed by atoms with Crippen molar-refractivity contribution in [3.05, 3.63) is 136 Å². The lowest BCUT2D eigenvalue weighted by Gasteiger charge is -2.29. The number of alkyl halides is 1. The Labute approximate surface area is 209 Å². The highest BCUT2D eigenvalue weighted by atomic mass is 127. The maximum atomic E-state index is 17.4. The predicted octanol–water partition coefficient (Wildman–Crippen LogP) is 8.63. The Hall–Kier alpha value is -3.27. The molecule has 6 rings (SSSR count). The highest BCUT2D eigenvalue weighted by Gasteiger charge is 2.47. The van der Waals surface area contributed by atoms with Crippen LogP contribution in [0.2, 0.25) is 0 Å². The van der Waals surface area contributed by atoms with Gasteiger partial charge in [0.2, 0.25) is 0 Å². The minimum atomic E-state index is -1.66. The molecule has 3 aliphatic rings. The van der Waals surface area contributed by atoms with Crippen molar-refractivity contribution in [2.24, 2.45) is 0 Å². The average molecular weight is 555 g/mol. The highest BCUT2D eigenvalue weighted by Crippen LogP contribution is 2.57. The Kier molecular flexibility index (Phi) is 5.52.